The minimum atomic E-state index is -1.05. The molecule has 0 heterocycles. The first-order chi connectivity index (χ1) is 7.52. The van der Waals surface area contributed by atoms with Gasteiger partial charge in [-0.3, -0.25) is 4.79 Å². The van der Waals surface area contributed by atoms with Crippen molar-refractivity contribution in [1.82, 2.24) is 0 Å². The Labute approximate surface area is 101 Å². The summed E-state index contributed by atoms with van der Waals surface area (Å²) < 4.78 is 4.26. The van der Waals surface area contributed by atoms with E-state index in [0.29, 0.717) is 0 Å². The molecule has 1 rings (SSSR count). The lowest BCUT2D eigenvalue weighted by Crippen LogP contribution is -2.16. The first-order valence-electron chi connectivity index (χ1n) is 4.03. The number of benzene rings is 1. The van der Waals surface area contributed by atoms with Crippen molar-refractivity contribution in [1.29, 1.82) is 5.26 Å². The number of carbonyl (C=O) groups excluding carboxylic acids is 2. The molecule has 0 unspecified atom stereocenters. The average molecular weight is 258 g/mol. The smallest absolute Gasteiger partial charge is 0.379 e. The Balaban J connectivity index is 3.33. The number of esters is 1. The lowest BCUT2D eigenvalue weighted by atomic mass is 10.1. The second-order valence-electron chi connectivity index (χ2n) is 2.72. The molecule has 0 saturated heterocycles. The van der Waals surface area contributed by atoms with Crippen molar-refractivity contribution in [2.75, 3.05) is 7.11 Å². The average Bonchev–Trinajstić information content (AvgIpc) is 2.28. The quantitative estimate of drug-likeness (QED) is 0.463. The highest BCUT2D eigenvalue weighted by Crippen LogP contribution is 2.27. The van der Waals surface area contributed by atoms with Crippen molar-refractivity contribution in [2.45, 2.75) is 0 Å². The van der Waals surface area contributed by atoms with Crippen LogP contribution in [0.2, 0.25) is 10.0 Å². The van der Waals surface area contributed by atoms with E-state index in [-0.39, 0.29) is 21.2 Å². The Bertz CT molecular complexity index is 506. The third kappa shape index (κ3) is 2.16. The van der Waals surface area contributed by atoms with Crippen molar-refractivity contribution in [2.24, 2.45) is 0 Å². The molecule has 0 radical (unpaired) electrons. The van der Waals surface area contributed by atoms with E-state index in [1.165, 1.54) is 12.1 Å². The monoisotopic (exact) mass is 257 g/mol. The van der Waals surface area contributed by atoms with Crippen molar-refractivity contribution >= 4 is 35.0 Å². The molecule has 0 fully saturated rings. The first kappa shape index (κ1) is 12.5. The fraction of sp³-hybridized carbons (Fsp3) is 0.100. The number of Topliss-reactive ketones (excluding diaryl/α,β-unsaturated/α-hetero) is 1. The third-order valence-corrected chi connectivity index (χ3v) is 2.53. The van der Waals surface area contributed by atoms with Gasteiger partial charge in [0, 0.05) is 5.56 Å². The van der Waals surface area contributed by atoms with Gasteiger partial charge in [-0.2, -0.15) is 5.26 Å². The van der Waals surface area contributed by atoms with Crippen LogP contribution in [-0.4, -0.2) is 18.9 Å². The van der Waals surface area contributed by atoms with Gasteiger partial charge < -0.3 is 4.74 Å². The summed E-state index contributed by atoms with van der Waals surface area (Å²) in [4.78, 5) is 22.5. The fourth-order valence-electron chi connectivity index (χ4n) is 1.03. The predicted octanol–water partition coefficient (Wildman–Crippen LogP) is 2.22. The second kappa shape index (κ2) is 4.97. The van der Waals surface area contributed by atoms with Crippen LogP contribution in [0.25, 0.3) is 0 Å². The van der Waals surface area contributed by atoms with Crippen molar-refractivity contribution in [3.8, 4) is 6.07 Å². The summed E-state index contributed by atoms with van der Waals surface area (Å²) in [7, 11) is 1.08. The molecule has 4 nitrogen and oxygen atoms in total. The lowest BCUT2D eigenvalue weighted by molar-refractivity contribution is -0.135. The number of nitrogens with zero attached hydrogens (tertiary/aromatic N) is 1. The zero-order valence-electron chi connectivity index (χ0n) is 8.08. The van der Waals surface area contributed by atoms with E-state index in [1.807, 2.05) is 0 Å². The fourth-order valence-corrected chi connectivity index (χ4v) is 1.57. The van der Waals surface area contributed by atoms with E-state index in [1.54, 1.807) is 6.07 Å². The van der Waals surface area contributed by atoms with E-state index in [4.69, 9.17) is 28.5 Å². The van der Waals surface area contributed by atoms with E-state index < -0.39 is 11.8 Å². The molecule has 0 saturated carbocycles. The van der Waals surface area contributed by atoms with Gasteiger partial charge in [-0.05, 0) is 12.1 Å². The number of halogens is 2. The molecule has 6 heteroatoms. The molecule has 0 aliphatic carbocycles. The van der Waals surface area contributed by atoms with Gasteiger partial charge in [0.1, 0.15) is 6.07 Å². The molecule has 0 aliphatic rings. The summed E-state index contributed by atoms with van der Waals surface area (Å²) in [5, 5.41) is 8.73. The van der Waals surface area contributed by atoms with Crippen LogP contribution in [0.3, 0.4) is 0 Å². The molecule has 0 spiro atoms. The van der Waals surface area contributed by atoms with Crippen LogP contribution in [0.5, 0.6) is 0 Å². The van der Waals surface area contributed by atoms with Crippen LogP contribution >= 0.6 is 23.2 Å². The Hall–Kier alpha value is -1.57. The number of nitriles is 1. The molecule has 0 aromatic heterocycles. The van der Waals surface area contributed by atoms with Crippen LogP contribution < -0.4 is 0 Å². The minimum absolute atomic E-state index is 0.0434. The van der Waals surface area contributed by atoms with Gasteiger partial charge in [0.2, 0.25) is 0 Å². The van der Waals surface area contributed by atoms with Gasteiger partial charge in [0.15, 0.2) is 0 Å². The zero-order valence-corrected chi connectivity index (χ0v) is 9.59. The van der Waals surface area contributed by atoms with Gasteiger partial charge >= 0.3 is 5.97 Å². The summed E-state index contributed by atoms with van der Waals surface area (Å²) in [6.45, 7) is 0. The number of methoxy groups -OCH3 is 1. The van der Waals surface area contributed by atoms with Gasteiger partial charge in [-0.1, -0.05) is 23.2 Å². The second-order valence-corrected chi connectivity index (χ2v) is 3.50. The Morgan fingerprint density at radius 2 is 2.00 bits per heavy atom. The molecule has 0 amide bonds. The molecule has 0 bridgehead atoms. The maximum absolute atomic E-state index is 11.5. The summed E-state index contributed by atoms with van der Waals surface area (Å²) in [5.74, 6) is -1.96. The Kier molecular flexibility index (Phi) is 3.88. The summed E-state index contributed by atoms with van der Waals surface area (Å²) in [5.41, 5.74) is -0.146. The standard InChI is InChI=1S/C10H5Cl2NO3/c1-16-10(15)9(14)5-2-3-7(11)6(4-13)8(5)12/h2-3H,1H3. The Morgan fingerprint density at radius 1 is 1.38 bits per heavy atom. The minimum Gasteiger partial charge on any atom is -0.463 e. The summed E-state index contributed by atoms with van der Waals surface area (Å²) in [6, 6.07) is 4.34. The normalized spacial score (nSPS) is 9.38. The van der Waals surface area contributed by atoms with Crippen LogP contribution in [0, 0.1) is 11.3 Å². The first-order valence-corrected chi connectivity index (χ1v) is 4.79. The molecule has 1 aromatic carbocycles. The highest BCUT2D eigenvalue weighted by Gasteiger charge is 2.22. The molecule has 82 valence electrons. The molecule has 0 atom stereocenters. The SMILES string of the molecule is COC(=O)C(=O)c1ccc(Cl)c(C#N)c1Cl. The molecule has 1 aromatic rings. The van der Waals surface area contributed by atoms with Gasteiger partial charge in [0.05, 0.1) is 22.7 Å². The van der Waals surface area contributed by atoms with Crippen molar-refractivity contribution < 1.29 is 14.3 Å². The van der Waals surface area contributed by atoms with Crippen LogP contribution in [0.15, 0.2) is 12.1 Å². The van der Waals surface area contributed by atoms with Crippen LogP contribution in [0.1, 0.15) is 15.9 Å². The van der Waals surface area contributed by atoms with Crippen LogP contribution in [0.4, 0.5) is 0 Å². The van der Waals surface area contributed by atoms with Crippen molar-refractivity contribution in [3.63, 3.8) is 0 Å². The largest absolute Gasteiger partial charge is 0.463 e. The Morgan fingerprint density at radius 3 is 2.50 bits per heavy atom. The molecule has 16 heavy (non-hydrogen) atoms. The van der Waals surface area contributed by atoms with E-state index in [0.717, 1.165) is 7.11 Å². The topological polar surface area (TPSA) is 67.2 Å². The third-order valence-electron chi connectivity index (χ3n) is 1.82. The van der Waals surface area contributed by atoms with Crippen LogP contribution in [-0.2, 0) is 9.53 Å². The van der Waals surface area contributed by atoms with Gasteiger partial charge in [0.25, 0.3) is 5.78 Å². The number of ketones is 1. The molecular weight excluding hydrogens is 253 g/mol. The summed E-state index contributed by atoms with van der Waals surface area (Å²) in [6.07, 6.45) is 0. The zero-order chi connectivity index (χ0) is 12.3. The number of hydrogen-bond acceptors (Lipinski definition) is 4. The summed E-state index contributed by atoms with van der Waals surface area (Å²) >= 11 is 11.5. The molecule has 0 aliphatic heterocycles. The number of ether oxygens (including phenoxy) is 1. The van der Waals surface area contributed by atoms with Gasteiger partial charge in [-0.25, -0.2) is 4.79 Å². The highest BCUT2D eigenvalue weighted by atomic mass is 35.5. The highest BCUT2D eigenvalue weighted by molar-refractivity contribution is 6.46. The van der Waals surface area contributed by atoms with Crippen molar-refractivity contribution in [3.05, 3.63) is 33.3 Å². The predicted molar refractivity (Wildman–Crippen MR) is 57.5 cm³/mol. The van der Waals surface area contributed by atoms with E-state index in [9.17, 15) is 9.59 Å². The lowest BCUT2D eigenvalue weighted by Gasteiger charge is -2.04. The number of hydrogen-bond donors (Lipinski definition) is 0. The van der Waals surface area contributed by atoms with E-state index in [2.05, 4.69) is 4.74 Å². The van der Waals surface area contributed by atoms with Gasteiger partial charge in [-0.15, -0.1) is 0 Å². The number of carbonyl (C=O) groups is 2. The molecule has 0 N–H and O–H groups in total. The maximum atomic E-state index is 11.5. The molecular formula is C10H5Cl2NO3. The number of rotatable bonds is 2. The van der Waals surface area contributed by atoms with E-state index >= 15 is 0 Å². The maximum Gasteiger partial charge on any atom is 0.379 e.